The van der Waals surface area contributed by atoms with E-state index in [1.807, 2.05) is 28.9 Å². The van der Waals surface area contributed by atoms with Gasteiger partial charge in [0.2, 0.25) is 5.91 Å². The molecule has 1 amide bonds. The molecule has 3 fully saturated rings. The van der Waals surface area contributed by atoms with E-state index in [0.29, 0.717) is 40.3 Å². The number of pyridine rings is 1. The minimum Gasteiger partial charge on any atom is -0.493 e. The van der Waals surface area contributed by atoms with E-state index in [1.54, 1.807) is 13.4 Å². The number of anilines is 1. The summed E-state index contributed by atoms with van der Waals surface area (Å²) < 4.78 is 7.65. The summed E-state index contributed by atoms with van der Waals surface area (Å²) in [6, 6.07) is 12.4. The van der Waals surface area contributed by atoms with Gasteiger partial charge in [-0.05, 0) is 32.2 Å². The quantitative estimate of drug-likeness (QED) is 0.447. The van der Waals surface area contributed by atoms with Crippen LogP contribution in [0.2, 0.25) is 0 Å². The number of carbonyl (C=O) groups excluding carboxylic acids is 1. The Balaban J connectivity index is 1.34. The number of rotatable bonds is 6. The van der Waals surface area contributed by atoms with Gasteiger partial charge in [-0.3, -0.25) is 9.48 Å². The van der Waals surface area contributed by atoms with Crippen LogP contribution in [0.4, 0.5) is 5.82 Å². The lowest BCUT2D eigenvalue weighted by Crippen LogP contribution is -2.31. The molecule has 2 aliphatic carbocycles. The molecule has 3 aliphatic rings. The van der Waals surface area contributed by atoms with E-state index >= 15 is 0 Å². The highest BCUT2D eigenvalue weighted by Gasteiger charge is 2.64. The third-order valence-electron chi connectivity index (χ3n) is 7.75. The number of methoxy groups -OCH3 is 1. The molecule has 0 radical (unpaired) electrons. The Morgan fingerprint density at radius 2 is 2.00 bits per heavy atom. The zero-order chi connectivity index (χ0) is 24.4. The van der Waals surface area contributed by atoms with Crippen molar-refractivity contribution in [1.29, 1.82) is 0 Å². The second-order valence-electron chi connectivity index (χ2n) is 10.3. The number of likely N-dealkylation sites (tertiary alicyclic amines) is 1. The van der Waals surface area contributed by atoms with Crippen LogP contribution < -0.4 is 10.1 Å². The summed E-state index contributed by atoms with van der Waals surface area (Å²) in [5.41, 5.74) is 4.40. The topological polar surface area (TPSA) is 98.1 Å². The third-order valence-corrected chi connectivity index (χ3v) is 7.75. The predicted octanol–water partition coefficient (Wildman–Crippen LogP) is 3.79. The molecule has 182 valence electrons. The number of nitrogens with zero attached hydrogens (tertiary/aromatic N) is 6. The molecule has 2 saturated carbocycles. The van der Waals surface area contributed by atoms with Crippen molar-refractivity contribution in [2.75, 3.05) is 32.6 Å². The standard InChI is InChI=1S/C27H27N7O2/c1-33-12-17-11-27(17,14-33)26(35)31-25-21(36-2)10-20-24(30-25)23(29-15-28-20)19-13-34(18-8-9-18)32-22(19)16-6-4-3-5-7-16/h3-7,10,13,15,17-18H,8-9,11-12,14H2,1-2H3,(H,30,31,35)/t17-,27-/m0/s1. The second-order valence-corrected chi connectivity index (χ2v) is 10.3. The fourth-order valence-electron chi connectivity index (χ4n) is 5.63. The number of hydrogen-bond donors (Lipinski definition) is 1. The van der Waals surface area contributed by atoms with E-state index in [0.717, 1.165) is 49.2 Å². The summed E-state index contributed by atoms with van der Waals surface area (Å²) in [7, 11) is 3.64. The Morgan fingerprint density at radius 3 is 2.72 bits per heavy atom. The smallest absolute Gasteiger partial charge is 0.233 e. The van der Waals surface area contributed by atoms with Crippen LogP contribution in [0.5, 0.6) is 5.75 Å². The Bertz CT molecular complexity index is 1500. The van der Waals surface area contributed by atoms with E-state index in [-0.39, 0.29) is 11.3 Å². The van der Waals surface area contributed by atoms with Gasteiger partial charge in [0.15, 0.2) is 11.6 Å². The summed E-state index contributed by atoms with van der Waals surface area (Å²) in [6.07, 6.45) is 6.79. The highest BCUT2D eigenvalue weighted by atomic mass is 16.5. The Morgan fingerprint density at radius 1 is 1.17 bits per heavy atom. The van der Waals surface area contributed by atoms with Crippen molar-refractivity contribution in [1.82, 2.24) is 29.6 Å². The van der Waals surface area contributed by atoms with Gasteiger partial charge in [0.1, 0.15) is 23.2 Å². The van der Waals surface area contributed by atoms with Crippen LogP contribution >= 0.6 is 0 Å². The van der Waals surface area contributed by atoms with E-state index < -0.39 is 0 Å². The zero-order valence-electron chi connectivity index (χ0n) is 20.3. The first-order chi connectivity index (χ1) is 17.6. The monoisotopic (exact) mass is 481 g/mol. The molecule has 1 aliphatic heterocycles. The van der Waals surface area contributed by atoms with Crippen molar-refractivity contribution < 1.29 is 9.53 Å². The second kappa shape index (κ2) is 7.83. The first kappa shape index (κ1) is 21.4. The molecule has 3 aromatic heterocycles. The van der Waals surface area contributed by atoms with Crippen LogP contribution in [-0.4, -0.2) is 62.8 Å². The highest BCUT2D eigenvalue weighted by molar-refractivity contribution is 6.01. The largest absolute Gasteiger partial charge is 0.493 e. The molecular weight excluding hydrogens is 454 g/mol. The molecule has 2 atom stereocenters. The van der Waals surface area contributed by atoms with Gasteiger partial charge in [-0.25, -0.2) is 15.0 Å². The number of fused-ring (bicyclic) bond motifs is 2. The average Bonchev–Trinajstić information content (AvgIpc) is 3.79. The van der Waals surface area contributed by atoms with Crippen LogP contribution in [0.3, 0.4) is 0 Å². The van der Waals surface area contributed by atoms with Crippen LogP contribution in [-0.2, 0) is 4.79 Å². The SMILES string of the molecule is COc1cc2ncnc(-c3cn(C4CC4)nc3-c3ccccc3)c2nc1NC(=O)[C@]12C[C@H]1CN(C)C2. The van der Waals surface area contributed by atoms with Gasteiger partial charge in [-0.15, -0.1) is 0 Å². The van der Waals surface area contributed by atoms with Crippen LogP contribution in [0.15, 0.2) is 48.9 Å². The van der Waals surface area contributed by atoms with Crippen LogP contribution in [0.25, 0.3) is 33.5 Å². The summed E-state index contributed by atoms with van der Waals surface area (Å²) in [4.78, 5) is 29.5. The molecule has 7 rings (SSSR count). The molecule has 0 spiro atoms. The van der Waals surface area contributed by atoms with E-state index in [1.165, 1.54) is 0 Å². The summed E-state index contributed by atoms with van der Waals surface area (Å²) in [6.45, 7) is 1.73. The Labute approximate surface area is 208 Å². The highest BCUT2D eigenvalue weighted by Crippen LogP contribution is 2.58. The molecule has 0 unspecified atom stereocenters. The maximum Gasteiger partial charge on any atom is 0.233 e. The average molecular weight is 482 g/mol. The lowest BCUT2D eigenvalue weighted by molar-refractivity contribution is -0.121. The maximum absolute atomic E-state index is 13.3. The molecule has 4 aromatic rings. The van der Waals surface area contributed by atoms with Gasteiger partial charge in [0.05, 0.1) is 24.1 Å². The first-order valence-electron chi connectivity index (χ1n) is 12.4. The van der Waals surface area contributed by atoms with E-state index in [2.05, 4.69) is 45.6 Å². The summed E-state index contributed by atoms with van der Waals surface area (Å²) in [5, 5.41) is 8.01. The fraction of sp³-hybridized carbons (Fsp3) is 0.370. The lowest BCUT2D eigenvalue weighted by atomic mass is 10.0. The molecule has 1 N–H and O–H groups in total. The molecule has 9 nitrogen and oxygen atoms in total. The number of nitrogens with one attached hydrogen (secondary N) is 1. The van der Waals surface area contributed by atoms with Gasteiger partial charge in [-0.2, -0.15) is 5.10 Å². The minimum atomic E-state index is -0.321. The summed E-state index contributed by atoms with van der Waals surface area (Å²) in [5.74, 6) is 1.30. The molecule has 0 bridgehead atoms. The Hall–Kier alpha value is -3.85. The maximum atomic E-state index is 13.3. The van der Waals surface area contributed by atoms with Crippen LogP contribution in [0.1, 0.15) is 25.3 Å². The number of amides is 1. The number of benzene rings is 1. The first-order valence-corrected chi connectivity index (χ1v) is 12.4. The van der Waals surface area contributed by atoms with Gasteiger partial charge >= 0.3 is 0 Å². The lowest BCUT2D eigenvalue weighted by Gasteiger charge is -2.17. The molecular formula is C27H27N7O2. The van der Waals surface area contributed by atoms with Gasteiger partial charge < -0.3 is 15.0 Å². The molecule has 9 heteroatoms. The predicted molar refractivity (Wildman–Crippen MR) is 135 cm³/mol. The van der Waals surface area contributed by atoms with Gasteiger partial charge in [-0.1, -0.05) is 30.3 Å². The molecule has 1 saturated heterocycles. The fourth-order valence-corrected chi connectivity index (χ4v) is 5.63. The normalized spacial score (nSPS) is 23.0. The zero-order valence-corrected chi connectivity index (χ0v) is 20.3. The number of hydrogen-bond acceptors (Lipinski definition) is 7. The van der Waals surface area contributed by atoms with Gasteiger partial charge in [0, 0.05) is 36.5 Å². The number of aromatic nitrogens is 5. The molecule has 1 aromatic carbocycles. The number of ether oxygens (including phenoxy) is 1. The minimum absolute atomic E-state index is 0.00641. The Kier molecular flexibility index (Phi) is 4.66. The van der Waals surface area contributed by atoms with Crippen molar-refractivity contribution >= 4 is 22.8 Å². The third kappa shape index (κ3) is 3.37. The number of carbonyl (C=O) groups is 1. The molecule has 36 heavy (non-hydrogen) atoms. The van der Waals surface area contributed by atoms with E-state index in [9.17, 15) is 4.79 Å². The van der Waals surface area contributed by atoms with Crippen LogP contribution in [0, 0.1) is 11.3 Å². The van der Waals surface area contributed by atoms with Crippen molar-refractivity contribution in [3.05, 3.63) is 48.9 Å². The molecule has 4 heterocycles. The van der Waals surface area contributed by atoms with E-state index in [4.69, 9.17) is 14.8 Å². The van der Waals surface area contributed by atoms with Gasteiger partial charge in [0.25, 0.3) is 0 Å². The van der Waals surface area contributed by atoms with Crippen molar-refractivity contribution in [2.24, 2.45) is 11.3 Å². The summed E-state index contributed by atoms with van der Waals surface area (Å²) >= 11 is 0. The van der Waals surface area contributed by atoms with Crippen molar-refractivity contribution in [3.8, 4) is 28.3 Å². The van der Waals surface area contributed by atoms with Crippen molar-refractivity contribution in [3.63, 3.8) is 0 Å². The van der Waals surface area contributed by atoms with Crippen molar-refractivity contribution in [2.45, 2.75) is 25.3 Å². The number of piperidine rings is 1.